The van der Waals surface area contributed by atoms with Crippen LogP contribution in [0.3, 0.4) is 0 Å². The normalized spacial score (nSPS) is 20.2. The number of allylic oxidation sites excluding steroid dienone is 3. The second-order valence-electron chi connectivity index (χ2n) is 6.82. The van der Waals surface area contributed by atoms with E-state index in [2.05, 4.69) is 15.3 Å². The van der Waals surface area contributed by atoms with Crippen LogP contribution in [-0.4, -0.2) is 48.4 Å². The van der Waals surface area contributed by atoms with Gasteiger partial charge in [0.15, 0.2) is 0 Å². The molecule has 28 heavy (non-hydrogen) atoms. The van der Waals surface area contributed by atoms with Crippen LogP contribution in [0.4, 0.5) is 4.39 Å². The molecule has 1 aliphatic heterocycles. The van der Waals surface area contributed by atoms with Gasteiger partial charge >= 0.3 is 0 Å². The number of hydrogen-bond acceptors (Lipinski definition) is 6. The quantitative estimate of drug-likeness (QED) is 0.662. The highest BCUT2D eigenvalue weighted by molar-refractivity contribution is 5.90. The van der Waals surface area contributed by atoms with Crippen LogP contribution in [0.2, 0.25) is 0 Å². The first kappa shape index (κ1) is 20.2. The highest BCUT2D eigenvalue weighted by Gasteiger charge is 2.14. The number of hydrogen-bond donors (Lipinski definition) is 2. The van der Waals surface area contributed by atoms with Crippen LogP contribution >= 0.6 is 0 Å². The first-order valence-electron chi connectivity index (χ1n) is 9.43. The van der Waals surface area contributed by atoms with Crippen molar-refractivity contribution in [2.24, 2.45) is 11.7 Å². The summed E-state index contributed by atoms with van der Waals surface area (Å²) in [5.41, 5.74) is 6.01. The Morgan fingerprint density at radius 2 is 2.07 bits per heavy atom. The monoisotopic (exact) mass is 388 g/mol. The fourth-order valence-electron chi connectivity index (χ4n) is 3.09. The van der Waals surface area contributed by atoms with Crippen LogP contribution in [0.15, 0.2) is 48.0 Å². The topological polar surface area (TPSA) is 99.4 Å². The summed E-state index contributed by atoms with van der Waals surface area (Å²) < 4.78 is 25.1. The molecule has 3 rings (SSSR count). The van der Waals surface area contributed by atoms with Crippen molar-refractivity contribution in [3.05, 3.63) is 53.7 Å². The minimum absolute atomic E-state index is 0.0388. The number of halogens is 1. The molecule has 0 aromatic carbocycles. The molecule has 1 fully saturated rings. The number of alkyl halides is 1. The van der Waals surface area contributed by atoms with Crippen molar-refractivity contribution in [2.45, 2.75) is 25.4 Å². The van der Waals surface area contributed by atoms with E-state index in [1.165, 1.54) is 18.5 Å². The minimum atomic E-state index is -1.27. The Hall–Kier alpha value is -2.58. The maximum Gasteiger partial charge on any atom is 0.268 e. The highest BCUT2D eigenvalue weighted by Crippen LogP contribution is 2.18. The SMILES string of the molecule is NC(=O)c1cnc(OC2=CC(F)C=C(CNCCC3CCOCC3)C=C2)cn1. The third kappa shape index (κ3) is 6.24. The molecule has 1 aliphatic carbocycles. The lowest BCUT2D eigenvalue weighted by atomic mass is 9.97. The molecule has 1 amide bonds. The summed E-state index contributed by atoms with van der Waals surface area (Å²) in [6, 6.07) is 0. The highest BCUT2D eigenvalue weighted by atomic mass is 19.1. The number of carbonyl (C=O) groups excluding carboxylic acids is 1. The van der Waals surface area contributed by atoms with Crippen LogP contribution < -0.4 is 15.8 Å². The van der Waals surface area contributed by atoms with Crippen molar-refractivity contribution in [3.8, 4) is 5.88 Å². The van der Waals surface area contributed by atoms with E-state index in [1.807, 2.05) is 6.08 Å². The van der Waals surface area contributed by atoms with E-state index in [-0.39, 0.29) is 11.6 Å². The Labute approximate surface area is 163 Å². The van der Waals surface area contributed by atoms with Crippen molar-refractivity contribution < 1.29 is 18.7 Å². The second kappa shape index (κ2) is 10.1. The number of rotatable bonds is 8. The summed E-state index contributed by atoms with van der Waals surface area (Å²) in [7, 11) is 0. The van der Waals surface area contributed by atoms with Gasteiger partial charge in [0.2, 0.25) is 5.88 Å². The van der Waals surface area contributed by atoms with Gasteiger partial charge in [-0.1, -0.05) is 6.08 Å². The van der Waals surface area contributed by atoms with Gasteiger partial charge in [0.05, 0.1) is 12.4 Å². The zero-order valence-corrected chi connectivity index (χ0v) is 15.6. The third-order valence-electron chi connectivity index (χ3n) is 4.66. The van der Waals surface area contributed by atoms with Crippen molar-refractivity contribution >= 4 is 5.91 Å². The average molecular weight is 388 g/mol. The molecule has 3 N–H and O–H groups in total. The van der Waals surface area contributed by atoms with Gasteiger partial charge in [-0.2, -0.15) is 0 Å². The zero-order valence-electron chi connectivity index (χ0n) is 15.6. The maximum atomic E-state index is 14.2. The summed E-state index contributed by atoms with van der Waals surface area (Å²) in [6.45, 7) is 3.19. The summed E-state index contributed by atoms with van der Waals surface area (Å²) in [6.07, 6.45) is 11.0. The van der Waals surface area contributed by atoms with Crippen molar-refractivity contribution in [2.75, 3.05) is 26.3 Å². The molecule has 8 heteroatoms. The van der Waals surface area contributed by atoms with E-state index in [1.54, 1.807) is 12.2 Å². The molecule has 2 heterocycles. The third-order valence-corrected chi connectivity index (χ3v) is 4.66. The van der Waals surface area contributed by atoms with Gasteiger partial charge in [0.25, 0.3) is 5.91 Å². The Balaban J connectivity index is 1.47. The summed E-state index contributed by atoms with van der Waals surface area (Å²) in [5, 5.41) is 3.37. The van der Waals surface area contributed by atoms with E-state index in [0.29, 0.717) is 18.2 Å². The smallest absolute Gasteiger partial charge is 0.268 e. The van der Waals surface area contributed by atoms with Crippen LogP contribution in [0, 0.1) is 5.92 Å². The molecule has 1 unspecified atom stereocenters. The molecule has 0 saturated carbocycles. The molecule has 1 atom stereocenters. The van der Waals surface area contributed by atoms with Gasteiger partial charge in [0.1, 0.15) is 17.6 Å². The minimum Gasteiger partial charge on any atom is -0.438 e. The molecule has 1 aromatic heterocycles. The predicted octanol–water partition coefficient (Wildman–Crippen LogP) is 2.08. The van der Waals surface area contributed by atoms with Crippen molar-refractivity contribution in [1.29, 1.82) is 0 Å². The first-order valence-corrected chi connectivity index (χ1v) is 9.43. The lowest BCUT2D eigenvalue weighted by molar-refractivity contribution is 0.0640. The fraction of sp³-hybridized carbons (Fsp3) is 0.450. The summed E-state index contributed by atoms with van der Waals surface area (Å²) in [5.74, 6) is 0.514. The molecule has 1 aromatic rings. The molecule has 0 bridgehead atoms. The van der Waals surface area contributed by atoms with Crippen molar-refractivity contribution in [3.63, 3.8) is 0 Å². The van der Waals surface area contributed by atoms with Crippen LogP contribution in [0.25, 0.3) is 0 Å². The molecular formula is C20H25FN4O3. The van der Waals surface area contributed by atoms with E-state index in [0.717, 1.165) is 44.6 Å². The van der Waals surface area contributed by atoms with Crippen LogP contribution in [0.1, 0.15) is 29.8 Å². The van der Waals surface area contributed by atoms with Crippen molar-refractivity contribution in [1.82, 2.24) is 15.3 Å². The summed E-state index contributed by atoms with van der Waals surface area (Å²) >= 11 is 0. The fourth-order valence-corrected chi connectivity index (χ4v) is 3.09. The molecule has 0 spiro atoms. The largest absolute Gasteiger partial charge is 0.438 e. The predicted molar refractivity (Wildman–Crippen MR) is 102 cm³/mol. The molecule has 2 aliphatic rings. The zero-order chi connectivity index (χ0) is 19.8. The lowest BCUT2D eigenvalue weighted by Gasteiger charge is -2.21. The Kier molecular flexibility index (Phi) is 7.27. The maximum absolute atomic E-state index is 14.2. The first-order chi connectivity index (χ1) is 13.6. The number of nitrogens with zero attached hydrogens (tertiary/aromatic N) is 2. The van der Waals surface area contributed by atoms with E-state index < -0.39 is 12.1 Å². The molecule has 0 radical (unpaired) electrons. The van der Waals surface area contributed by atoms with Crippen LogP contribution in [-0.2, 0) is 4.74 Å². The number of nitrogens with one attached hydrogen (secondary N) is 1. The van der Waals surface area contributed by atoms with Gasteiger partial charge in [0, 0.05) is 19.8 Å². The Bertz CT molecular complexity index is 755. The number of aromatic nitrogens is 2. The van der Waals surface area contributed by atoms with E-state index >= 15 is 0 Å². The molecular weight excluding hydrogens is 363 g/mol. The van der Waals surface area contributed by atoms with Gasteiger partial charge in [-0.3, -0.25) is 4.79 Å². The van der Waals surface area contributed by atoms with Gasteiger partial charge in [-0.15, -0.1) is 0 Å². The molecule has 7 nitrogen and oxygen atoms in total. The lowest BCUT2D eigenvalue weighted by Crippen LogP contribution is -2.23. The van der Waals surface area contributed by atoms with Gasteiger partial charge in [-0.25, -0.2) is 14.4 Å². The second-order valence-corrected chi connectivity index (χ2v) is 6.82. The average Bonchev–Trinajstić information content (AvgIpc) is 2.87. The number of primary amides is 1. The number of carbonyl (C=O) groups is 1. The standard InChI is InChI=1S/C20H25FN4O3/c21-16-9-15(11-23-6-3-14-4-7-27-8-5-14)1-2-17(10-16)28-19-13-24-18(12-25-19)20(22)26/h1-2,9-10,12-14,16,23H,3-8,11H2,(H2,22,26). The van der Waals surface area contributed by atoms with E-state index in [4.69, 9.17) is 15.2 Å². The number of ether oxygens (including phenoxy) is 2. The van der Waals surface area contributed by atoms with Gasteiger partial charge in [-0.05, 0) is 55.5 Å². The Morgan fingerprint density at radius 3 is 2.79 bits per heavy atom. The van der Waals surface area contributed by atoms with Gasteiger partial charge < -0.3 is 20.5 Å². The van der Waals surface area contributed by atoms with Crippen LogP contribution in [0.5, 0.6) is 5.88 Å². The number of nitrogens with two attached hydrogens (primary N) is 1. The number of amides is 1. The summed E-state index contributed by atoms with van der Waals surface area (Å²) in [4.78, 5) is 18.8. The molecule has 150 valence electrons. The van der Waals surface area contributed by atoms with E-state index in [9.17, 15) is 9.18 Å². The Morgan fingerprint density at radius 1 is 1.25 bits per heavy atom. The molecule has 1 saturated heterocycles.